The first-order valence-electron chi connectivity index (χ1n) is 7.99. The molecule has 0 aliphatic rings. The lowest BCUT2D eigenvalue weighted by Crippen LogP contribution is -2.42. The number of furan rings is 1. The highest BCUT2D eigenvalue weighted by Gasteiger charge is 2.14. The number of nitrogens with one attached hydrogen (secondary N) is 2. The number of nitrogens with zero attached hydrogens (tertiary/aromatic N) is 2. The van der Waals surface area contributed by atoms with Gasteiger partial charge in [0.25, 0.3) is 0 Å². The van der Waals surface area contributed by atoms with Crippen molar-refractivity contribution in [3.63, 3.8) is 0 Å². The van der Waals surface area contributed by atoms with Gasteiger partial charge in [-0.25, -0.2) is 0 Å². The summed E-state index contributed by atoms with van der Waals surface area (Å²) in [6, 6.07) is 12.1. The Kier molecular flexibility index (Phi) is 9.92. The number of likely N-dealkylation sites (N-methyl/N-ethyl adjacent to an activating group) is 1. The molecule has 7 heteroatoms. The van der Waals surface area contributed by atoms with Crippen LogP contribution in [0.3, 0.4) is 0 Å². The summed E-state index contributed by atoms with van der Waals surface area (Å²) in [6.07, 6.45) is 2.51. The summed E-state index contributed by atoms with van der Waals surface area (Å²) in [4.78, 5) is 6.44. The van der Waals surface area contributed by atoms with Crippen molar-refractivity contribution in [2.45, 2.75) is 12.5 Å². The monoisotopic (exact) mass is 476 g/mol. The first-order chi connectivity index (χ1) is 11.6. The van der Waals surface area contributed by atoms with Crippen LogP contribution >= 0.6 is 35.6 Å². The van der Waals surface area contributed by atoms with Gasteiger partial charge in [-0.3, -0.25) is 4.99 Å². The van der Waals surface area contributed by atoms with Gasteiger partial charge in [0.2, 0.25) is 0 Å². The van der Waals surface area contributed by atoms with E-state index in [0.717, 1.165) is 36.3 Å². The molecule has 0 bridgehead atoms. The van der Waals surface area contributed by atoms with Crippen molar-refractivity contribution in [1.82, 2.24) is 15.5 Å². The van der Waals surface area contributed by atoms with E-state index >= 15 is 0 Å². The molecule has 0 amide bonds. The normalized spacial score (nSPS) is 12.6. The Morgan fingerprint density at radius 1 is 1.20 bits per heavy atom. The fraction of sp³-hybridized carbons (Fsp3) is 0.389. The van der Waals surface area contributed by atoms with Gasteiger partial charge >= 0.3 is 0 Å². The lowest BCUT2D eigenvalue weighted by atomic mass is 10.1. The molecule has 0 saturated carbocycles. The Morgan fingerprint density at radius 3 is 2.48 bits per heavy atom. The van der Waals surface area contributed by atoms with Crippen LogP contribution in [0.15, 0.2) is 52.1 Å². The second kappa shape index (κ2) is 11.4. The van der Waals surface area contributed by atoms with Gasteiger partial charge in [-0.05, 0) is 43.9 Å². The maximum atomic E-state index is 5.98. The zero-order valence-electron chi connectivity index (χ0n) is 14.8. The van der Waals surface area contributed by atoms with E-state index in [2.05, 4.69) is 46.8 Å². The Morgan fingerprint density at radius 2 is 1.92 bits per heavy atom. The number of rotatable bonds is 7. The molecule has 2 rings (SSSR count). The Labute approximate surface area is 171 Å². The van der Waals surface area contributed by atoms with Crippen LogP contribution in [-0.2, 0) is 6.42 Å². The van der Waals surface area contributed by atoms with Crippen LogP contribution in [0.2, 0.25) is 5.02 Å². The van der Waals surface area contributed by atoms with E-state index in [4.69, 9.17) is 16.0 Å². The van der Waals surface area contributed by atoms with E-state index in [0.29, 0.717) is 0 Å². The van der Waals surface area contributed by atoms with Gasteiger partial charge in [-0.2, -0.15) is 0 Å². The molecule has 0 aliphatic heterocycles. The first-order valence-corrected chi connectivity index (χ1v) is 8.36. The molecule has 0 fully saturated rings. The lowest BCUT2D eigenvalue weighted by Gasteiger charge is -2.26. The zero-order chi connectivity index (χ0) is 17.4. The minimum Gasteiger partial charge on any atom is -0.469 e. The van der Waals surface area contributed by atoms with Crippen molar-refractivity contribution < 1.29 is 4.42 Å². The van der Waals surface area contributed by atoms with Crippen LogP contribution in [0.25, 0.3) is 0 Å². The molecule has 138 valence electrons. The van der Waals surface area contributed by atoms with Gasteiger partial charge in [-0.1, -0.05) is 23.7 Å². The molecule has 0 radical (unpaired) electrons. The van der Waals surface area contributed by atoms with E-state index in [-0.39, 0.29) is 30.0 Å². The molecular weight excluding hydrogens is 451 g/mol. The molecule has 1 aromatic heterocycles. The number of hydrogen-bond donors (Lipinski definition) is 2. The predicted molar refractivity (Wildman–Crippen MR) is 115 cm³/mol. The number of hydrogen-bond acceptors (Lipinski definition) is 3. The van der Waals surface area contributed by atoms with Gasteiger partial charge in [-0.15, -0.1) is 24.0 Å². The topological polar surface area (TPSA) is 52.8 Å². The highest BCUT2D eigenvalue weighted by atomic mass is 127. The summed E-state index contributed by atoms with van der Waals surface area (Å²) in [7, 11) is 5.90. The van der Waals surface area contributed by atoms with Crippen LogP contribution < -0.4 is 10.6 Å². The maximum absolute atomic E-state index is 5.98. The molecule has 1 aromatic carbocycles. The largest absolute Gasteiger partial charge is 0.469 e. The summed E-state index contributed by atoms with van der Waals surface area (Å²) < 4.78 is 5.33. The van der Waals surface area contributed by atoms with Crippen molar-refractivity contribution in [2.24, 2.45) is 4.99 Å². The van der Waals surface area contributed by atoms with Gasteiger partial charge in [0.15, 0.2) is 5.96 Å². The van der Waals surface area contributed by atoms with Crippen LogP contribution in [0.1, 0.15) is 17.4 Å². The van der Waals surface area contributed by atoms with E-state index in [9.17, 15) is 0 Å². The smallest absolute Gasteiger partial charge is 0.191 e. The van der Waals surface area contributed by atoms with Crippen LogP contribution in [0.4, 0.5) is 0 Å². The van der Waals surface area contributed by atoms with Crippen molar-refractivity contribution in [3.05, 3.63) is 59.0 Å². The third-order valence-electron chi connectivity index (χ3n) is 3.81. The van der Waals surface area contributed by atoms with Crippen LogP contribution in [0.5, 0.6) is 0 Å². The highest BCUT2D eigenvalue weighted by molar-refractivity contribution is 14.0. The summed E-state index contributed by atoms with van der Waals surface area (Å²) >= 11 is 5.98. The van der Waals surface area contributed by atoms with E-state index in [1.807, 2.05) is 24.3 Å². The fourth-order valence-corrected chi connectivity index (χ4v) is 2.58. The second-order valence-electron chi connectivity index (χ2n) is 5.74. The third-order valence-corrected chi connectivity index (χ3v) is 4.06. The molecule has 2 aromatic rings. The average Bonchev–Trinajstić information content (AvgIpc) is 3.08. The number of guanidine groups is 1. The minimum absolute atomic E-state index is 0. The number of aliphatic imine (C=N–C) groups is 1. The maximum Gasteiger partial charge on any atom is 0.191 e. The summed E-state index contributed by atoms with van der Waals surface area (Å²) in [5.74, 6) is 1.74. The zero-order valence-corrected chi connectivity index (χ0v) is 17.9. The summed E-state index contributed by atoms with van der Waals surface area (Å²) in [6.45, 7) is 1.51. The van der Waals surface area contributed by atoms with E-state index in [1.54, 1.807) is 13.3 Å². The second-order valence-corrected chi connectivity index (χ2v) is 6.18. The Bertz CT molecular complexity index is 629. The van der Waals surface area contributed by atoms with Crippen molar-refractivity contribution in [1.29, 1.82) is 0 Å². The lowest BCUT2D eigenvalue weighted by molar-refractivity contribution is 0.298. The summed E-state index contributed by atoms with van der Waals surface area (Å²) in [5.41, 5.74) is 1.21. The molecule has 1 unspecified atom stereocenters. The number of benzene rings is 1. The fourth-order valence-electron chi connectivity index (χ4n) is 2.46. The van der Waals surface area contributed by atoms with Crippen LogP contribution in [-0.4, -0.2) is 45.1 Å². The standard InChI is InChI=1S/C18H25ClN4O.HI/c1-20-18(21-11-10-16-5-4-12-24-16)22-13-17(23(2)3)14-6-8-15(19)9-7-14;/h4-9,12,17H,10-11,13H2,1-3H3,(H2,20,21,22);1H. The van der Waals surface area contributed by atoms with Gasteiger partial charge in [0.1, 0.15) is 5.76 Å². The van der Waals surface area contributed by atoms with Gasteiger partial charge in [0.05, 0.1) is 12.3 Å². The average molecular weight is 477 g/mol. The van der Waals surface area contributed by atoms with Gasteiger partial charge in [0, 0.05) is 31.6 Å². The quantitative estimate of drug-likeness (QED) is 0.364. The highest BCUT2D eigenvalue weighted by Crippen LogP contribution is 2.19. The minimum atomic E-state index is 0. The van der Waals surface area contributed by atoms with E-state index in [1.165, 1.54) is 5.56 Å². The molecule has 0 spiro atoms. The molecule has 2 N–H and O–H groups in total. The SMILES string of the molecule is CN=C(NCCc1ccco1)NCC(c1ccc(Cl)cc1)N(C)C.I. The molecule has 1 heterocycles. The third kappa shape index (κ3) is 7.25. The molecule has 1 atom stereocenters. The van der Waals surface area contributed by atoms with Crippen molar-refractivity contribution in [2.75, 3.05) is 34.2 Å². The molecule has 0 saturated heterocycles. The van der Waals surface area contributed by atoms with Crippen molar-refractivity contribution in [3.8, 4) is 0 Å². The van der Waals surface area contributed by atoms with Gasteiger partial charge < -0.3 is 20.0 Å². The Hall–Kier alpha value is -1.25. The summed E-state index contributed by atoms with van der Waals surface area (Å²) in [5, 5.41) is 7.43. The molecular formula is C18H26ClIN4O. The van der Waals surface area contributed by atoms with Crippen molar-refractivity contribution >= 4 is 41.5 Å². The van der Waals surface area contributed by atoms with Crippen LogP contribution in [0, 0.1) is 0 Å². The van der Waals surface area contributed by atoms with E-state index < -0.39 is 0 Å². The molecule has 25 heavy (non-hydrogen) atoms. The molecule has 5 nitrogen and oxygen atoms in total. The molecule has 0 aliphatic carbocycles. The predicted octanol–water partition coefficient (Wildman–Crippen LogP) is 3.56. The number of halogens is 2. The Balaban J connectivity index is 0.00000312. The first kappa shape index (κ1) is 21.8.